The standard InChI is InChI=1S/C23H17N3O3S2/c1-2-13-24-31(28,29)18-10-5-9-17(14-18)22(27)26-23-25-21(15-30-23)20-12-6-8-16-7-3-4-11-19(16)20/h1,3-12,14-15,24H,13H2,(H,25,26,27). The zero-order chi connectivity index (χ0) is 21.8. The first-order chi connectivity index (χ1) is 15.0. The first-order valence-electron chi connectivity index (χ1n) is 9.26. The lowest BCUT2D eigenvalue weighted by molar-refractivity contribution is 0.102. The number of anilines is 1. The maximum absolute atomic E-state index is 12.7. The maximum atomic E-state index is 12.7. The monoisotopic (exact) mass is 447 g/mol. The van der Waals surface area contributed by atoms with Crippen LogP contribution in [0.15, 0.2) is 77.0 Å². The third kappa shape index (κ3) is 4.49. The van der Waals surface area contributed by atoms with Gasteiger partial charge in [0.15, 0.2) is 5.13 Å². The molecule has 0 aliphatic carbocycles. The molecule has 154 valence electrons. The predicted molar refractivity (Wildman–Crippen MR) is 123 cm³/mol. The number of rotatable bonds is 6. The van der Waals surface area contributed by atoms with Gasteiger partial charge in [0, 0.05) is 16.5 Å². The molecule has 0 fully saturated rings. The highest BCUT2D eigenvalue weighted by molar-refractivity contribution is 7.89. The van der Waals surface area contributed by atoms with Crippen LogP contribution in [0.25, 0.3) is 22.0 Å². The number of carbonyl (C=O) groups is 1. The quantitative estimate of drug-likeness (QED) is 0.435. The van der Waals surface area contributed by atoms with Crippen LogP contribution in [0, 0.1) is 12.3 Å². The molecule has 8 heteroatoms. The number of terminal acetylenes is 1. The van der Waals surface area contributed by atoms with E-state index in [0.717, 1.165) is 22.0 Å². The Morgan fingerprint density at radius 2 is 1.84 bits per heavy atom. The number of nitrogens with zero attached hydrogens (tertiary/aromatic N) is 1. The summed E-state index contributed by atoms with van der Waals surface area (Å²) in [5.41, 5.74) is 1.93. The second kappa shape index (κ2) is 8.70. The Balaban J connectivity index is 1.56. The van der Waals surface area contributed by atoms with E-state index >= 15 is 0 Å². The molecule has 0 bridgehead atoms. The number of thiazole rings is 1. The van der Waals surface area contributed by atoms with Crippen molar-refractivity contribution in [3.8, 4) is 23.6 Å². The van der Waals surface area contributed by atoms with E-state index in [1.165, 1.54) is 35.6 Å². The molecule has 0 aliphatic heterocycles. The maximum Gasteiger partial charge on any atom is 0.257 e. The van der Waals surface area contributed by atoms with Crippen LogP contribution >= 0.6 is 11.3 Å². The van der Waals surface area contributed by atoms with Crippen LogP contribution in [-0.4, -0.2) is 25.9 Å². The Morgan fingerprint density at radius 3 is 2.68 bits per heavy atom. The normalized spacial score (nSPS) is 11.2. The number of nitrogens with one attached hydrogen (secondary N) is 2. The van der Waals surface area contributed by atoms with Gasteiger partial charge in [0.25, 0.3) is 5.91 Å². The van der Waals surface area contributed by atoms with Gasteiger partial charge < -0.3 is 0 Å². The largest absolute Gasteiger partial charge is 0.298 e. The molecule has 6 nitrogen and oxygen atoms in total. The van der Waals surface area contributed by atoms with Gasteiger partial charge in [-0.2, -0.15) is 4.72 Å². The molecule has 0 saturated heterocycles. The number of hydrogen-bond acceptors (Lipinski definition) is 5. The minimum atomic E-state index is -3.79. The number of fused-ring (bicyclic) bond motifs is 1. The van der Waals surface area contributed by atoms with Crippen LogP contribution in [0.4, 0.5) is 5.13 Å². The Bertz CT molecular complexity index is 1410. The van der Waals surface area contributed by atoms with Gasteiger partial charge in [0.05, 0.1) is 17.1 Å². The van der Waals surface area contributed by atoms with E-state index in [2.05, 4.69) is 20.9 Å². The fourth-order valence-corrected chi connectivity index (χ4v) is 4.78. The summed E-state index contributed by atoms with van der Waals surface area (Å²) in [5, 5.41) is 7.22. The molecule has 0 saturated carbocycles. The summed E-state index contributed by atoms with van der Waals surface area (Å²) in [6.07, 6.45) is 5.11. The van der Waals surface area contributed by atoms with Gasteiger partial charge >= 0.3 is 0 Å². The summed E-state index contributed by atoms with van der Waals surface area (Å²) in [6, 6.07) is 19.7. The van der Waals surface area contributed by atoms with Crippen LogP contribution < -0.4 is 10.0 Å². The van der Waals surface area contributed by atoms with E-state index in [0.29, 0.717) is 5.13 Å². The van der Waals surface area contributed by atoms with Crippen molar-refractivity contribution in [2.45, 2.75) is 4.90 Å². The highest BCUT2D eigenvalue weighted by atomic mass is 32.2. The zero-order valence-electron chi connectivity index (χ0n) is 16.2. The van der Waals surface area contributed by atoms with E-state index in [9.17, 15) is 13.2 Å². The van der Waals surface area contributed by atoms with Crippen molar-refractivity contribution >= 4 is 43.2 Å². The molecule has 1 aromatic heterocycles. The summed E-state index contributed by atoms with van der Waals surface area (Å²) in [6.45, 7) is -0.130. The topological polar surface area (TPSA) is 88.2 Å². The van der Waals surface area contributed by atoms with E-state index in [4.69, 9.17) is 6.42 Å². The molecule has 3 aromatic carbocycles. The molecule has 0 radical (unpaired) electrons. The molecule has 1 heterocycles. The van der Waals surface area contributed by atoms with E-state index in [-0.39, 0.29) is 17.0 Å². The molecule has 0 unspecified atom stereocenters. The first kappa shape index (κ1) is 20.8. The van der Waals surface area contributed by atoms with E-state index in [1.807, 2.05) is 47.8 Å². The highest BCUT2D eigenvalue weighted by Gasteiger charge is 2.17. The predicted octanol–water partition coefficient (Wildman–Crippen LogP) is 4.13. The van der Waals surface area contributed by atoms with Crippen LogP contribution in [0.3, 0.4) is 0 Å². The van der Waals surface area contributed by atoms with Gasteiger partial charge in [-0.15, -0.1) is 17.8 Å². The zero-order valence-corrected chi connectivity index (χ0v) is 17.8. The van der Waals surface area contributed by atoms with Gasteiger partial charge in [0.1, 0.15) is 0 Å². The second-order valence-corrected chi connectivity index (χ2v) is 9.20. The van der Waals surface area contributed by atoms with Gasteiger partial charge in [-0.25, -0.2) is 13.4 Å². The fraction of sp³-hybridized carbons (Fsp3) is 0.0435. The first-order valence-corrected chi connectivity index (χ1v) is 11.6. The lowest BCUT2D eigenvalue weighted by Gasteiger charge is -2.07. The molecule has 0 spiro atoms. The Hall–Kier alpha value is -3.51. The lowest BCUT2D eigenvalue weighted by Crippen LogP contribution is -2.24. The second-order valence-electron chi connectivity index (χ2n) is 6.58. The summed E-state index contributed by atoms with van der Waals surface area (Å²) < 4.78 is 26.8. The summed E-state index contributed by atoms with van der Waals surface area (Å²) in [4.78, 5) is 17.2. The number of benzene rings is 3. The Kier molecular flexibility index (Phi) is 5.82. The summed E-state index contributed by atoms with van der Waals surface area (Å²) in [5.74, 6) is 1.76. The van der Waals surface area contributed by atoms with Crippen molar-refractivity contribution in [3.05, 3.63) is 77.7 Å². The average molecular weight is 448 g/mol. The van der Waals surface area contributed by atoms with Crippen molar-refractivity contribution in [3.63, 3.8) is 0 Å². The molecular formula is C23H17N3O3S2. The van der Waals surface area contributed by atoms with Crippen molar-refractivity contribution in [1.29, 1.82) is 0 Å². The Morgan fingerprint density at radius 1 is 1.06 bits per heavy atom. The third-order valence-corrected chi connectivity index (χ3v) is 6.72. The molecular weight excluding hydrogens is 430 g/mol. The number of carbonyl (C=O) groups excluding carboxylic acids is 1. The van der Waals surface area contributed by atoms with Crippen molar-refractivity contribution in [2.75, 3.05) is 11.9 Å². The number of aromatic nitrogens is 1. The van der Waals surface area contributed by atoms with Crippen LogP contribution in [0.1, 0.15) is 10.4 Å². The molecule has 2 N–H and O–H groups in total. The van der Waals surface area contributed by atoms with Crippen LogP contribution in [0.5, 0.6) is 0 Å². The molecule has 0 atom stereocenters. The lowest BCUT2D eigenvalue weighted by atomic mass is 10.0. The smallest absolute Gasteiger partial charge is 0.257 e. The van der Waals surface area contributed by atoms with Gasteiger partial charge in [-0.1, -0.05) is 54.5 Å². The van der Waals surface area contributed by atoms with Crippen molar-refractivity contribution < 1.29 is 13.2 Å². The molecule has 4 aromatic rings. The van der Waals surface area contributed by atoms with Crippen molar-refractivity contribution in [2.24, 2.45) is 0 Å². The molecule has 31 heavy (non-hydrogen) atoms. The SMILES string of the molecule is C#CCNS(=O)(=O)c1cccc(C(=O)Nc2nc(-c3cccc4ccccc34)cs2)c1. The van der Waals surface area contributed by atoms with Crippen LogP contribution in [-0.2, 0) is 10.0 Å². The molecule has 4 rings (SSSR count). The number of amides is 1. The van der Waals surface area contributed by atoms with Gasteiger partial charge in [-0.05, 0) is 29.0 Å². The Labute approximate surface area is 184 Å². The van der Waals surface area contributed by atoms with Gasteiger partial charge in [-0.3, -0.25) is 10.1 Å². The minimum Gasteiger partial charge on any atom is -0.298 e. The summed E-state index contributed by atoms with van der Waals surface area (Å²) >= 11 is 1.30. The van der Waals surface area contributed by atoms with E-state index in [1.54, 1.807) is 0 Å². The van der Waals surface area contributed by atoms with Crippen molar-refractivity contribution in [1.82, 2.24) is 9.71 Å². The minimum absolute atomic E-state index is 0.0361. The van der Waals surface area contributed by atoms with Crippen LogP contribution in [0.2, 0.25) is 0 Å². The van der Waals surface area contributed by atoms with E-state index < -0.39 is 15.9 Å². The molecule has 1 amide bonds. The number of hydrogen-bond donors (Lipinski definition) is 2. The third-order valence-electron chi connectivity index (χ3n) is 4.56. The average Bonchev–Trinajstić information content (AvgIpc) is 3.25. The van der Waals surface area contributed by atoms with Gasteiger partial charge in [0.2, 0.25) is 10.0 Å². The highest BCUT2D eigenvalue weighted by Crippen LogP contribution is 2.31. The number of sulfonamides is 1. The molecule has 0 aliphatic rings. The summed E-state index contributed by atoms with van der Waals surface area (Å²) in [7, 11) is -3.79. The fourth-order valence-electron chi connectivity index (χ4n) is 3.10.